The number of amides is 2. The highest BCUT2D eigenvalue weighted by atomic mass is 35.5. The van der Waals surface area contributed by atoms with Crippen LogP contribution in [0.15, 0.2) is 60.1 Å². The number of anilines is 1. The van der Waals surface area contributed by atoms with Crippen LogP contribution in [0.2, 0.25) is 5.02 Å². The van der Waals surface area contributed by atoms with E-state index in [1.807, 2.05) is 38.1 Å². The minimum atomic E-state index is -0.957. The maximum atomic E-state index is 14.3. The molecule has 2 aromatic carbocycles. The quantitative estimate of drug-likeness (QED) is 0.287. The van der Waals surface area contributed by atoms with Gasteiger partial charge in [-0.3, -0.25) is 9.59 Å². The van der Waals surface area contributed by atoms with Gasteiger partial charge in [0.15, 0.2) is 0 Å². The zero-order valence-electron chi connectivity index (χ0n) is 20.1. The average molecular weight is 543 g/mol. The number of hydrogen-bond acceptors (Lipinski definition) is 6. The Balaban J connectivity index is 1.73. The fourth-order valence-electron chi connectivity index (χ4n) is 3.99. The smallest absolute Gasteiger partial charge is 0.254 e. The molecule has 186 valence electrons. The molecular weight excluding hydrogens is 519 g/mol. The van der Waals surface area contributed by atoms with Crippen molar-refractivity contribution in [2.24, 2.45) is 5.41 Å². The molecule has 36 heavy (non-hydrogen) atoms. The third-order valence-electron chi connectivity index (χ3n) is 5.87. The highest BCUT2D eigenvalue weighted by Crippen LogP contribution is 2.46. The van der Waals surface area contributed by atoms with Gasteiger partial charge in [0.2, 0.25) is 11.0 Å². The standard InChI is InChI=1S/C26H24ClFN4O2S2/c1-26(2,24(34)30-25-31-29-14-35-25)22(16-6-5-7-17(28)12-16)21-11-10-20(36-21)15-8-9-18(19(27)13-15)23(33)32(3)4/h5-14,22H,1-4H3,(H,30,31,34)/t22-/m0/s1. The van der Waals surface area contributed by atoms with Crippen molar-refractivity contribution in [1.82, 2.24) is 15.1 Å². The molecule has 4 aromatic rings. The van der Waals surface area contributed by atoms with Crippen LogP contribution >= 0.6 is 34.3 Å². The van der Waals surface area contributed by atoms with E-state index in [4.69, 9.17) is 11.6 Å². The number of halogens is 2. The van der Waals surface area contributed by atoms with E-state index in [9.17, 15) is 14.0 Å². The summed E-state index contributed by atoms with van der Waals surface area (Å²) in [4.78, 5) is 29.0. The lowest BCUT2D eigenvalue weighted by Crippen LogP contribution is -2.36. The van der Waals surface area contributed by atoms with Crippen LogP contribution in [-0.2, 0) is 4.79 Å². The summed E-state index contributed by atoms with van der Waals surface area (Å²) in [5.74, 6) is -1.24. The molecule has 0 bridgehead atoms. The van der Waals surface area contributed by atoms with Crippen LogP contribution < -0.4 is 5.32 Å². The van der Waals surface area contributed by atoms with Gasteiger partial charge in [0.05, 0.1) is 16.0 Å². The Hall–Kier alpha value is -3.14. The van der Waals surface area contributed by atoms with Crippen molar-refractivity contribution < 1.29 is 14.0 Å². The lowest BCUT2D eigenvalue weighted by molar-refractivity contribution is -0.124. The third kappa shape index (κ3) is 5.33. The number of thiophene rings is 1. The van der Waals surface area contributed by atoms with Crippen molar-refractivity contribution >= 4 is 51.2 Å². The number of nitrogens with zero attached hydrogens (tertiary/aromatic N) is 3. The van der Waals surface area contributed by atoms with Gasteiger partial charge in [0, 0.05) is 29.8 Å². The van der Waals surface area contributed by atoms with E-state index in [0.29, 0.717) is 21.3 Å². The molecule has 0 saturated heterocycles. The Morgan fingerprint density at radius 2 is 1.89 bits per heavy atom. The van der Waals surface area contributed by atoms with Crippen molar-refractivity contribution in [2.75, 3.05) is 19.4 Å². The van der Waals surface area contributed by atoms with Gasteiger partial charge in [0.25, 0.3) is 5.91 Å². The van der Waals surface area contributed by atoms with E-state index in [2.05, 4.69) is 15.5 Å². The average Bonchev–Trinajstić information content (AvgIpc) is 3.51. The summed E-state index contributed by atoms with van der Waals surface area (Å²) in [5, 5.41) is 11.3. The molecule has 0 aliphatic carbocycles. The van der Waals surface area contributed by atoms with Crippen LogP contribution in [0.25, 0.3) is 10.4 Å². The van der Waals surface area contributed by atoms with Crippen molar-refractivity contribution in [2.45, 2.75) is 19.8 Å². The first-order valence-electron chi connectivity index (χ1n) is 11.0. The third-order valence-corrected chi connectivity index (χ3v) is 7.99. The number of rotatable bonds is 7. The van der Waals surface area contributed by atoms with Gasteiger partial charge >= 0.3 is 0 Å². The highest BCUT2D eigenvalue weighted by Gasteiger charge is 2.40. The molecule has 2 aromatic heterocycles. The van der Waals surface area contributed by atoms with E-state index in [-0.39, 0.29) is 17.6 Å². The summed E-state index contributed by atoms with van der Waals surface area (Å²) in [5.41, 5.74) is 2.54. The second-order valence-corrected chi connectivity index (χ2v) is 11.4. The predicted molar refractivity (Wildman–Crippen MR) is 143 cm³/mol. The molecule has 1 atom stereocenters. The summed E-state index contributed by atoms with van der Waals surface area (Å²) in [7, 11) is 3.35. The first-order valence-corrected chi connectivity index (χ1v) is 13.1. The first kappa shape index (κ1) is 25.9. The van der Waals surface area contributed by atoms with Gasteiger partial charge in [-0.25, -0.2) is 4.39 Å². The second-order valence-electron chi connectivity index (χ2n) is 9.00. The lowest BCUT2D eigenvalue weighted by atomic mass is 9.73. The van der Waals surface area contributed by atoms with Crippen molar-refractivity contribution in [3.63, 3.8) is 0 Å². The molecule has 0 spiro atoms. The Labute approximate surface area is 221 Å². The summed E-state index contributed by atoms with van der Waals surface area (Å²) in [6.07, 6.45) is 0. The van der Waals surface area contributed by atoms with Gasteiger partial charge in [-0.15, -0.1) is 21.5 Å². The molecule has 0 aliphatic heterocycles. The maximum Gasteiger partial charge on any atom is 0.254 e. The minimum absolute atomic E-state index is 0.173. The Bertz CT molecular complexity index is 1400. The molecule has 0 unspecified atom stereocenters. The Kier molecular flexibility index (Phi) is 7.54. The lowest BCUT2D eigenvalue weighted by Gasteiger charge is -2.32. The number of hydrogen-bond donors (Lipinski definition) is 1. The molecular formula is C26H24ClFN4O2S2. The zero-order chi connectivity index (χ0) is 26.0. The summed E-state index contributed by atoms with van der Waals surface area (Å²) < 4.78 is 14.3. The van der Waals surface area contributed by atoms with E-state index < -0.39 is 11.3 Å². The fourth-order valence-corrected chi connectivity index (χ4v) is 6.01. The molecule has 6 nitrogen and oxygen atoms in total. The summed E-state index contributed by atoms with van der Waals surface area (Å²) in [6.45, 7) is 3.66. The molecule has 0 aliphatic rings. The van der Waals surface area contributed by atoms with Gasteiger partial charge < -0.3 is 10.2 Å². The molecule has 0 fully saturated rings. The number of carbonyl (C=O) groups excluding carboxylic acids is 2. The largest absolute Gasteiger partial charge is 0.345 e. The Morgan fingerprint density at radius 1 is 1.11 bits per heavy atom. The van der Waals surface area contributed by atoms with Crippen LogP contribution in [0.5, 0.6) is 0 Å². The number of aromatic nitrogens is 2. The molecule has 0 saturated carbocycles. The predicted octanol–water partition coefficient (Wildman–Crippen LogP) is 6.56. The van der Waals surface area contributed by atoms with E-state index in [1.165, 1.54) is 39.7 Å². The maximum absolute atomic E-state index is 14.3. The first-order chi connectivity index (χ1) is 17.1. The van der Waals surface area contributed by atoms with Crippen LogP contribution in [-0.4, -0.2) is 41.0 Å². The van der Waals surface area contributed by atoms with E-state index >= 15 is 0 Å². The SMILES string of the molecule is CN(C)C(=O)c1ccc(-c2ccc([C@H](c3cccc(F)c3)C(C)(C)C(=O)Nc3nncs3)s2)cc1Cl. The van der Waals surface area contributed by atoms with E-state index in [0.717, 1.165) is 15.3 Å². The molecule has 1 N–H and O–H groups in total. The van der Waals surface area contributed by atoms with Crippen LogP contribution in [0, 0.1) is 11.2 Å². The highest BCUT2D eigenvalue weighted by molar-refractivity contribution is 7.15. The van der Waals surface area contributed by atoms with E-state index in [1.54, 1.807) is 37.8 Å². The topological polar surface area (TPSA) is 75.2 Å². The molecule has 0 radical (unpaired) electrons. The Morgan fingerprint density at radius 3 is 2.53 bits per heavy atom. The fraction of sp³-hybridized carbons (Fsp3) is 0.231. The number of nitrogens with one attached hydrogen (secondary N) is 1. The monoisotopic (exact) mass is 542 g/mol. The van der Waals surface area contributed by atoms with Crippen molar-refractivity contribution in [3.8, 4) is 10.4 Å². The summed E-state index contributed by atoms with van der Waals surface area (Å²) in [6, 6.07) is 15.5. The van der Waals surface area contributed by atoms with Gasteiger partial charge in [0.1, 0.15) is 11.3 Å². The van der Waals surface area contributed by atoms with Crippen LogP contribution in [0.3, 0.4) is 0 Å². The summed E-state index contributed by atoms with van der Waals surface area (Å²) >= 11 is 9.16. The molecule has 2 heterocycles. The van der Waals surface area contributed by atoms with Crippen LogP contribution in [0.4, 0.5) is 9.52 Å². The molecule has 2 amide bonds. The van der Waals surface area contributed by atoms with Crippen molar-refractivity contribution in [1.29, 1.82) is 0 Å². The number of benzene rings is 2. The number of carbonyl (C=O) groups is 2. The minimum Gasteiger partial charge on any atom is -0.345 e. The second kappa shape index (κ2) is 10.5. The zero-order valence-corrected chi connectivity index (χ0v) is 22.5. The molecule has 4 rings (SSSR count). The van der Waals surface area contributed by atoms with Gasteiger partial charge in [-0.1, -0.05) is 55.0 Å². The molecule has 10 heteroatoms. The van der Waals surface area contributed by atoms with Crippen molar-refractivity contribution in [3.05, 3.63) is 87.0 Å². The van der Waals surface area contributed by atoms with Gasteiger partial charge in [-0.2, -0.15) is 0 Å². The van der Waals surface area contributed by atoms with Gasteiger partial charge in [-0.05, 0) is 47.5 Å². The normalized spacial score (nSPS) is 12.3. The van der Waals surface area contributed by atoms with Crippen LogP contribution in [0.1, 0.15) is 40.6 Å².